The fourth-order valence-electron chi connectivity index (χ4n) is 4.18. The molecule has 0 saturated heterocycles. The fourth-order valence-corrected chi connectivity index (χ4v) is 4.54. The largest absolute Gasteiger partial charge is 0.362 e. The van der Waals surface area contributed by atoms with Crippen LogP contribution in [0, 0.1) is 9.49 Å². The lowest BCUT2D eigenvalue weighted by Gasteiger charge is -2.29. The quantitative estimate of drug-likeness (QED) is 0.431. The van der Waals surface area contributed by atoms with Gasteiger partial charge in [-0.2, -0.15) is 4.98 Å². The number of anilines is 2. The third-order valence-corrected chi connectivity index (χ3v) is 6.58. The number of halogens is 1. The molecule has 0 aliphatic heterocycles. The van der Waals surface area contributed by atoms with Crippen molar-refractivity contribution in [3.8, 4) is 0 Å². The Morgan fingerprint density at radius 1 is 0.967 bits per heavy atom. The molecule has 1 heterocycles. The molecule has 2 N–H and O–H groups in total. The van der Waals surface area contributed by atoms with E-state index >= 15 is 0 Å². The third-order valence-electron chi connectivity index (χ3n) is 5.86. The van der Waals surface area contributed by atoms with Crippen LogP contribution in [0.3, 0.4) is 0 Å². The van der Waals surface area contributed by atoms with Crippen LogP contribution in [-0.2, 0) is 6.54 Å². The van der Waals surface area contributed by atoms with Crippen LogP contribution in [0.15, 0.2) is 48.5 Å². The van der Waals surface area contributed by atoms with E-state index in [-0.39, 0.29) is 0 Å². The van der Waals surface area contributed by atoms with Gasteiger partial charge in [0.15, 0.2) is 0 Å². The zero-order chi connectivity index (χ0) is 20.9. The second-order valence-electron chi connectivity index (χ2n) is 8.40. The first-order chi connectivity index (χ1) is 14.6. The first-order valence-corrected chi connectivity index (χ1v) is 11.8. The van der Waals surface area contributed by atoms with E-state index in [1.807, 2.05) is 26.2 Å². The predicted octanol–water partition coefficient (Wildman–Crippen LogP) is 5.06. The van der Waals surface area contributed by atoms with E-state index in [1.165, 1.54) is 34.8 Å². The first-order valence-electron chi connectivity index (χ1n) is 10.7. The summed E-state index contributed by atoms with van der Waals surface area (Å²) in [7, 11) is 4.07. The Hall–Kier alpha value is -1.93. The van der Waals surface area contributed by atoms with Crippen molar-refractivity contribution >= 4 is 45.3 Å². The standard InChI is InChI=1S/C24H30IN5/c1-30(2)23-21-5-3-4-6-22(21)28-24(29-23)27-20-13-9-18(10-14-20)16-26-15-17-7-11-19(25)12-8-17/h3-8,11-12,18,20,26H,9-10,13-16H2,1-2H3,(H,27,28,29)/t18-,20+. The summed E-state index contributed by atoms with van der Waals surface area (Å²) in [6.45, 7) is 2.04. The molecule has 0 unspecified atom stereocenters. The Morgan fingerprint density at radius 3 is 2.43 bits per heavy atom. The summed E-state index contributed by atoms with van der Waals surface area (Å²) in [6.07, 6.45) is 4.82. The summed E-state index contributed by atoms with van der Waals surface area (Å²) < 4.78 is 1.29. The summed E-state index contributed by atoms with van der Waals surface area (Å²) in [6, 6.07) is 17.4. The molecule has 4 rings (SSSR count). The van der Waals surface area contributed by atoms with E-state index in [9.17, 15) is 0 Å². The Kier molecular flexibility index (Phi) is 7.04. The molecular weight excluding hydrogens is 485 g/mol. The molecule has 6 heteroatoms. The molecule has 1 fully saturated rings. The minimum Gasteiger partial charge on any atom is -0.362 e. The van der Waals surface area contributed by atoms with Gasteiger partial charge in [-0.25, -0.2) is 4.98 Å². The van der Waals surface area contributed by atoms with Crippen molar-refractivity contribution in [2.75, 3.05) is 30.9 Å². The molecule has 1 saturated carbocycles. The topological polar surface area (TPSA) is 53.1 Å². The maximum absolute atomic E-state index is 4.79. The molecule has 158 valence electrons. The molecule has 5 nitrogen and oxygen atoms in total. The predicted molar refractivity (Wildman–Crippen MR) is 134 cm³/mol. The molecule has 30 heavy (non-hydrogen) atoms. The minimum atomic E-state index is 0.452. The summed E-state index contributed by atoms with van der Waals surface area (Å²) in [4.78, 5) is 11.6. The van der Waals surface area contributed by atoms with E-state index in [0.29, 0.717) is 6.04 Å². The number of aromatic nitrogens is 2. The maximum Gasteiger partial charge on any atom is 0.225 e. The van der Waals surface area contributed by atoms with Crippen LogP contribution in [0.1, 0.15) is 31.2 Å². The molecule has 0 amide bonds. The zero-order valence-electron chi connectivity index (χ0n) is 17.7. The van der Waals surface area contributed by atoms with Crippen LogP contribution in [0.4, 0.5) is 11.8 Å². The van der Waals surface area contributed by atoms with Crippen molar-refractivity contribution in [2.45, 2.75) is 38.3 Å². The Morgan fingerprint density at radius 2 is 1.70 bits per heavy atom. The van der Waals surface area contributed by atoms with Gasteiger partial charge in [0, 0.05) is 35.6 Å². The number of benzene rings is 2. The Balaban J connectivity index is 1.29. The lowest BCUT2D eigenvalue weighted by atomic mass is 9.86. The summed E-state index contributed by atoms with van der Waals surface area (Å²) in [5.41, 5.74) is 2.35. The Labute approximate surface area is 192 Å². The average molecular weight is 515 g/mol. The summed E-state index contributed by atoms with van der Waals surface area (Å²) in [5.74, 6) is 2.47. The summed E-state index contributed by atoms with van der Waals surface area (Å²) in [5, 5.41) is 8.34. The average Bonchev–Trinajstić information content (AvgIpc) is 2.76. The number of nitrogens with one attached hydrogen (secondary N) is 2. The molecule has 0 spiro atoms. The van der Waals surface area contributed by atoms with Crippen molar-refractivity contribution in [2.24, 2.45) is 5.92 Å². The van der Waals surface area contributed by atoms with Gasteiger partial charge in [0.05, 0.1) is 5.52 Å². The SMILES string of the molecule is CN(C)c1nc(N[C@H]2CC[C@@H](CNCc3ccc(I)cc3)CC2)nc2ccccc12. The molecule has 1 aliphatic carbocycles. The van der Waals surface area contributed by atoms with Crippen molar-refractivity contribution in [1.29, 1.82) is 0 Å². The van der Waals surface area contributed by atoms with E-state index in [0.717, 1.165) is 41.7 Å². The molecular formula is C24H30IN5. The van der Waals surface area contributed by atoms with E-state index < -0.39 is 0 Å². The molecule has 2 aromatic carbocycles. The molecule has 1 aliphatic rings. The number of rotatable bonds is 7. The number of fused-ring (bicyclic) bond motifs is 1. The normalized spacial score (nSPS) is 19.0. The molecule has 1 aromatic heterocycles. The van der Waals surface area contributed by atoms with Crippen molar-refractivity contribution in [1.82, 2.24) is 15.3 Å². The van der Waals surface area contributed by atoms with Gasteiger partial charge in [0.2, 0.25) is 5.95 Å². The highest BCUT2D eigenvalue weighted by Crippen LogP contribution is 2.28. The fraction of sp³-hybridized carbons (Fsp3) is 0.417. The van der Waals surface area contributed by atoms with Crippen LogP contribution in [0.5, 0.6) is 0 Å². The lowest BCUT2D eigenvalue weighted by molar-refractivity contribution is 0.324. The second-order valence-corrected chi connectivity index (χ2v) is 9.65. The van der Waals surface area contributed by atoms with Crippen LogP contribution < -0.4 is 15.5 Å². The zero-order valence-corrected chi connectivity index (χ0v) is 19.9. The van der Waals surface area contributed by atoms with Gasteiger partial charge in [-0.3, -0.25) is 0 Å². The Bertz CT molecular complexity index is 965. The van der Waals surface area contributed by atoms with Gasteiger partial charge in [0.25, 0.3) is 0 Å². The number of hydrogen-bond donors (Lipinski definition) is 2. The van der Waals surface area contributed by atoms with E-state index in [4.69, 9.17) is 9.97 Å². The summed E-state index contributed by atoms with van der Waals surface area (Å²) >= 11 is 2.35. The highest BCUT2D eigenvalue weighted by Gasteiger charge is 2.22. The van der Waals surface area contributed by atoms with Gasteiger partial charge in [0.1, 0.15) is 5.82 Å². The molecule has 0 atom stereocenters. The van der Waals surface area contributed by atoms with Crippen molar-refractivity contribution < 1.29 is 0 Å². The lowest BCUT2D eigenvalue weighted by Crippen LogP contribution is -2.31. The van der Waals surface area contributed by atoms with Gasteiger partial charge >= 0.3 is 0 Å². The van der Waals surface area contributed by atoms with Crippen LogP contribution in [-0.4, -0.2) is 36.6 Å². The maximum atomic E-state index is 4.79. The monoisotopic (exact) mass is 515 g/mol. The van der Waals surface area contributed by atoms with Gasteiger partial charge < -0.3 is 15.5 Å². The minimum absolute atomic E-state index is 0.452. The van der Waals surface area contributed by atoms with Gasteiger partial charge in [-0.1, -0.05) is 24.3 Å². The number of hydrogen-bond acceptors (Lipinski definition) is 5. The molecule has 0 bridgehead atoms. The van der Waals surface area contributed by atoms with Crippen molar-refractivity contribution in [3.63, 3.8) is 0 Å². The van der Waals surface area contributed by atoms with Crippen LogP contribution >= 0.6 is 22.6 Å². The molecule has 3 aromatic rings. The smallest absolute Gasteiger partial charge is 0.225 e. The first kappa shape index (κ1) is 21.3. The highest BCUT2D eigenvalue weighted by atomic mass is 127. The van der Waals surface area contributed by atoms with Crippen LogP contribution in [0.25, 0.3) is 10.9 Å². The number of nitrogens with zero attached hydrogens (tertiary/aromatic N) is 3. The van der Waals surface area contributed by atoms with E-state index in [2.05, 4.69) is 74.5 Å². The number of para-hydroxylation sites is 1. The van der Waals surface area contributed by atoms with Crippen molar-refractivity contribution in [3.05, 3.63) is 57.7 Å². The van der Waals surface area contributed by atoms with Crippen LogP contribution in [0.2, 0.25) is 0 Å². The second kappa shape index (κ2) is 9.92. The van der Waals surface area contributed by atoms with Gasteiger partial charge in [-0.05, 0) is 90.6 Å². The highest BCUT2D eigenvalue weighted by molar-refractivity contribution is 14.1. The van der Waals surface area contributed by atoms with Gasteiger partial charge in [-0.15, -0.1) is 0 Å². The van der Waals surface area contributed by atoms with E-state index in [1.54, 1.807) is 0 Å². The molecule has 0 radical (unpaired) electrons. The third kappa shape index (κ3) is 5.40.